The van der Waals surface area contributed by atoms with Crippen molar-refractivity contribution in [1.82, 2.24) is 0 Å². The van der Waals surface area contributed by atoms with Gasteiger partial charge in [0, 0.05) is 0 Å². The average molecular weight is 107 g/mol. The van der Waals surface area contributed by atoms with Crippen molar-refractivity contribution < 1.29 is 0 Å². The SMILES string of the molecule is CC[CH]([AlH2])Cl. The van der Waals surface area contributed by atoms with E-state index < -0.39 is 0 Å². The van der Waals surface area contributed by atoms with E-state index >= 15 is 0 Å². The van der Waals surface area contributed by atoms with Crippen molar-refractivity contribution >= 4 is 27.9 Å². The van der Waals surface area contributed by atoms with Crippen LogP contribution in [0.3, 0.4) is 0 Å². The van der Waals surface area contributed by atoms with Gasteiger partial charge < -0.3 is 0 Å². The Balaban J connectivity index is 2.54. The molecule has 0 bridgehead atoms. The monoisotopic (exact) mass is 106 g/mol. The summed E-state index contributed by atoms with van der Waals surface area (Å²) >= 11 is 6.66. The van der Waals surface area contributed by atoms with Crippen LogP contribution in [-0.4, -0.2) is 20.5 Å². The Hall–Kier alpha value is 0.822. The summed E-state index contributed by atoms with van der Waals surface area (Å²) in [7, 11) is 0. The Labute approximate surface area is 45.9 Å². The van der Waals surface area contributed by atoms with E-state index in [9.17, 15) is 0 Å². The zero-order valence-corrected chi connectivity index (χ0v) is 6.42. The lowest BCUT2D eigenvalue weighted by atomic mass is 10.6. The van der Waals surface area contributed by atoms with Gasteiger partial charge in [0.15, 0.2) is 0 Å². The van der Waals surface area contributed by atoms with E-state index in [4.69, 9.17) is 11.6 Å². The average Bonchev–Trinajstić information content (AvgIpc) is 1.38. The molecule has 0 aliphatic rings. The highest BCUT2D eigenvalue weighted by Crippen LogP contribution is 1.90. The zero-order chi connectivity index (χ0) is 4.28. The summed E-state index contributed by atoms with van der Waals surface area (Å²) in [6.45, 7) is 2.10. The zero-order valence-electron chi connectivity index (χ0n) is 3.66. The fraction of sp³-hybridized carbons (Fsp3) is 1.00. The molecule has 1 atom stereocenters. The third kappa shape index (κ3) is 4.82. The summed E-state index contributed by atoms with van der Waals surface area (Å²) in [5.41, 5.74) is 0. The number of halogens is 1. The fourth-order valence-electron chi connectivity index (χ4n) is 0. The molecule has 5 heavy (non-hydrogen) atoms. The van der Waals surface area contributed by atoms with Crippen molar-refractivity contribution in [3.8, 4) is 0 Å². The number of hydrogen-bond donors (Lipinski definition) is 0. The van der Waals surface area contributed by atoms with Crippen molar-refractivity contribution in [2.75, 3.05) is 0 Å². The topological polar surface area (TPSA) is 0 Å². The maximum atomic E-state index is 5.52. The van der Waals surface area contributed by atoms with Gasteiger partial charge in [0.25, 0.3) is 0 Å². The highest BCUT2D eigenvalue weighted by Gasteiger charge is 1.84. The normalized spacial score (nSPS) is 14.8. The fourth-order valence-corrected chi connectivity index (χ4v) is 0. The highest BCUT2D eigenvalue weighted by molar-refractivity contribution is 6.40. The minimum Gasteiger partial charge on any atom is -0.140 e. The molecule has 0 amide bonds. The van der Waals surface area contributed by atoms with Crippen LogP contribution >= 0.6 is 11.6 Å². The van der Waals surface area contributed by atoms with Crippen LogP contribution in [0.5, 0.6) is 0 Å². The molecular weight excluding hydrogens is 98.5 g/mol. The van der Waals surface area contributed by atoms with Gasteiger partial charge in [-0.2, -0.15) is 0 Å². The lowest BCUT2D eigenvalue weighted by molar-refractivity contribution is 1.04. The summed E-state index contributed by atoms with van der Waals surface area (Å²) in [4.78, 5) is 0. The molecule has 0 aliphatic carbocycles. The molecule has 0 radical (unpaired) electrons. The maximum absolute atomic E-state index is 5.52. The van der Waals surface area contributed by atoms with Gasteiger partial charge in [0.1, 0.15) is 0 Å². The largest absolute Gasteiger partial charge is 0.240 e. The molecule has 1 unspecified atom stereocenters. The van der Waals surface area contributed by atoms with Gasteiger partial charge in [0.2, 0.25) is 16.3 Å². The number of alkyl halides is 1. The molecule has 0 aliphatic heterocycles. The van der Waals surface area contributed by atoms with E-state index in [-0.39, 0.29) is 0 Å². The van der Waals surface area contributed by atoms with E-state index in [1.54, 1.807) is 0 Å². The molecule has 0 saturated carbocycles. The summed E-state index contributed by atoms with van der Waals surface area (Å²) in [5.74, 6) is 0. The second-order valence-corrected chi connectivity index (χ2v) is 4.06. The second-order valence-electron chi connectivity index (χ2n) is 1.19. The van der Waals surface area contributed by atoms with Crippen LogP contribution in [0.15, 0.2) is 0 Å². The first-order valence-electron chi connectivity index (χ1n) is 1.91. The van der Waals surface area contributed by atoms with Gasteiger partial charge in [-0.05, 0) is 4.24 Å². The van der Waals surface area contributed by atoms with Crippen molar-refractivity contribution in [1.29, 1.82) is 0 Å². The Morgan fingerprint density at radius 2 is 2.20 bits per heavy atom. The Morgan fingerprint density at radius 1 is 2.00 bits per heavy atom. The summed E-state index contributed by atoms with van der Waals surface area (Å²) in [6, 6.07) is 0. The number of rotatable bonds is 1. The van der Waals surface area contributed by atoms with E-state index in [0.29, 0.717) is 4.24 Å². The van der Waals surface area contributed by atoms with Crippen LogP contribution in [0, 0.1) is 0 Å². The molecule has 0 nitrogen and oxygen atoms in total. The van der Waals surface area contributed by atoms with Crippen molar-refractivity contribution in [3.63, 3.8) is 0 Å². The van der Waals surface area contributed by atoms with E-state index in [0.717, 1.165) is 22.7 Å². The van der Waals surface area contributed by atoms with E-state index in [1.807, 2.05) is 0 Å². The molecule has 0 aromatic heterocycles. The van der Waals surface area contributed by atoms with Gasteiger partial charge in [-0.1, -0.05) is 13.3 Å². The Kier molecular flexibility index (Phi) is 3.53. The van der Waals surface area contributed by atoms with Crippen molar-refractivity contribution in [3.05, 3.63) is 0 Å². The van der Waals surface area contributed by atoms with Crippen LogP contribution in [0.4, 0.5) is 0 Å². The first kappa shape index (κ1) is 5.82. The maximum Gasteiger partial charge on any atom is 0.240 e. The smallest absolute Gasteiger partial charge is 0.140 e. The Morgan fingerprint density at radius 3 is 2.20 bits per heavy atom. The van der Waals surface area contributed by atoms with Crippen LogP contribution in [0.2, 0.25) is 0 Å². The molecule has 0 N–H and O–H groups in total. The molecule has 0 aromatic carbocycles. The van der Waals surface area contributed by atoms with E-state index in [1.165, 1.54) is 0 Å². The molecule has 2 heteroatoms. The molecule has 0 heterocycles. The third-order valence-electron chi connectivity index (χ3n) is 0.563. The minimum absolute atomic E-state index is 0.495. The summed E-state index contributed by atoms with van der Waals surface area (Å²) < 4.78 is 0.495. The predicted molar refractivity (Wildman–Crippen MR) is 28.5 cm³/mol. The third-order valence-corrected chi connectivity index (χ3v) is 1.69. The summed E-state index contributed by atoms with van der Waals surface area (Å²) in [6.07, 6.45) is 1.13. The quantitative estimate of drug-likeness (QED) is 0.339. The van der Waals surface area contributed by atoms with Gasteiger partial charge in [0.05, 0.1) is 0 Å². The molecule has 0 saturated heterocycles. The predicted octanol–water partition coefficient (Wildman–Crippen LogP) is 0.594. The molecule has 0 rings (SSSR count). The second kappa shape index (κ2) is 3.03. The summed E-state index contributed by atoms with van der Waals surface area (Å²) in [5, 5.41) is 0. The molecule has 0 spiro atoms. The van der Waals surface area contributed by atoms with Crippen molar-refractivity contribution in [2.45, 2.75) is 17.6 Å². The van der Waals surface area contributed by atoms with Crippen LogP contribution in [0.25, 0.3) is 0 Å². The molecule has 30 valence electrons. The first-order chi connectivity index (χ1) is 2.27. The number of hydrogen-bond acceptors (Lipinski definition) is 0. The molecule has 0 aromatic rings. The lowest BCUT2D eigenvalue weighted by Gasteiger charge is -1.87. The van der Waals surface area contributed by atoms with Crippen LogP contribution in [-0.2, 0) is 0 Å². The molecule has 0 fully saturated rings. The first-order valence-corrected chi connectivity index (χ1v) is 3.50. The van der Waals surface area contributed by atoms with Crippen LogP contribution in [0.1, 0.15) is 13.3 Å². The highest BCUT2D eigenvalue weighted by atomic mass is 35.5. The van der Waals surface area contributed by atoms with Gasteiger partial charge in [-0.3, -0.25) is 0 Å². The van der Waals surface area contributed by atoms with Crippen LogP contribution < -0.4 is 0 Å². The minimum atomic E-state index is 0.495. The van der Waals surface area contributed by atoms with Gasteiger partial charge in [-0.15, -0.1) is 11.6 Å². The Bertz CT molecular complexity index is 20.9. The lowest BCUT2D eigenvalue weighted by Crippen LogP contribution is -1.90. The van der Waals surface area contributed by atoms with Crippen molar-refractivity contribution in [2.24, 2.45) is 0 Å². The van der Waals surface area contributed by atoms with Gasteiger partial charge >= 0.3 is 0 Å². The van der Waals surface area contributed by atoms with Gasteiger partial charge in [-0.25, -0.2) is 0 Å². The standard InChI is InChI=1S/C3H6Cl.Al.2H/c1-2-3-4;;;/h3H,2H2,1H3;;;. The molecular formula is C3H8AlCl. The van der Waals surface area contributed by atoms with E-state index in [2.05, 4.69) is 6.92 Å².